The van der Waals surface area contributed by atoms with Crippen molar-refractivity contribution in [3.8, 4) is 18.2 Å². The Morgan fingerprint density at radius 1 is 0.625 bits per heavy atom. The van der Waals surface area contributed by atoms with E-state index >= 15 is 0 Å². The second-order valence-corrected chi connectivity index (χ2v) is 4.02. The fourth-order valence-corrected chi connectivity index (χ4v) is 1.81. The molecule has 0 aromatic heterocycles. The standard InChI is InChI=1S/C13H19N3/c14-10-4-1-2-7-13(9-6-12-16)8-3-5-11-15/h13H,1-9H2. The van der Waals surface area contributed by atoms with Gasteiger partial charge in [0.2, 0.25) is 0 Å². The van der Waals surface area contributed by atoms with E-state index in [1.807, 2.05) is 0 Å². The summed E-state index contributed by atoms with van der Waals surface area (Å²) in [5.74, 6) is 0.562. The van der Waals surface area contributed by atoms with Crippen molar-refractivity contribution in [3.05, 3.63) is 0 Å². The molecule has 0 aliphatic rings. The minimum atomic E-state index is 0.562. The summed E-state index contributed by atoms with van der Waals surface area (Å²) in [6, 6.07) is 6.46. The molecule has 0 aliphatic heterocycles. The minimum absolute atomic E-state index is 0.562. The molecule has 0 spiro atoms. The zero-order valence-corrected chi connectivity index (χ0v) is 9.78. The van der Waals surface area contributed by atoms with Gasteiger partial charge >= 0.3 is 0 Å². The number of hydrogen-bond acceptors (Lipinski definition) is 3. The summed E-state index contributed by atoms with van der Waals surface area (Å²) in [5.41, 5.74) is 0. The maximum atomic E-state index is 8.55. The van der Waals surface area contributed by atoms with Crippen molar-refractivity contribution in [2.24, 2.45) is 5.92 Å². The lowest BCUT2D eigenvalue weighted by Crippen LogP contribution is -2.00. The number of rotatable bonds is 9. The highest BCUT2D eigenvalue weighted by Gasteiger charge is 2.07. The van der Waals surface area contributed by atoms with E-state index in [0.29, 0.717) is 25.2 Å². The smallest absolute Gasteiger partial charge is 0.0621 e. The molecule has 3 heteroatoms. The van der Waals surface area contributed by atoms with Gasteiger partial charge in [-0.15, -0.1) is 0 Å². The Morgan fingerprint density at radius 3 is 1.81 bits per heavy atom. The van der Waals surface area contributed by atoms with Crippen molar-refractivity contribution in [1.82, 2.24) is 0 Å². The average Bonchev–Trinajstić information content (AvgIpc) is 2.31. The molecule has 0 saturated carbocycles. The molecule has 0 bridgehead atoms. The molecule has 0 aromatic carbocycles. The zero-order valence-electron chi connectivity index (χ0n) is 9.78. The molecule has 3 nitrogen and oxygen atoms in total. The summed E-state index contributed by atoms with van der Waals surface area (Å²) in [7, 11) is 0. The van der Waals surface area contributed by atoms with Crippen LogP contribution < -0.4 is 0 Å². The van der Waals surface area contributed by atoms with Crippen LogP contribution in [0.4, 0.5) is 0 Å². The second kappa shape index (κ2) is 11.5. The van der Waals surface area contributed by atoms with Crippen LogP contribution in [0.5, 0.6) is 0 Å². The molecule has 0 aromatic rings. The Hall–Kier alpha value is -1.53. The SMILES string of the molecule is N#CCCCCC(CCC#N)CCCC#N. The quantitative estimate of drug-likeness (QED) is 0.553. The Bertz CT molecular complexity index is 277. The van der Waals surface area contributed by atoms with E-state index in [4.69, 9.17) is 15.8 Å². The number of nitrogens with zero attached hydrogens (tertiary/aromatic N) is 3. The lowest BCUT2D eigenvalue weighted by atomic mass is 9.91. The second-order valence-electron chi connectivity index (χ2n) is 4.02. The van der Waals surface area contributed by atoms with Crippen LogP contribution in [-0.4, -0.2) is 0 Å². The van der Waals surface area contributed by atoms with Crippen molar-refractivity contribution < 1.29 is 0 Å². The van der Waals surface area contributed by atoms with Gasteiger partial charge in [-0.25, -0.2) is 0 Å². The monoisotopic (exact) mass is 217 g/mol. The van der Waals surface area contributed by atoms with Crippen molar-refractivity contribution in [3.63, 3.8) is 0 Å². The van der Waals surface area contributed by atoms with Gasteiger partial charge in [-0.1, -0.05) is 12.8 Å². The number of nitriles is 3. The van der Waals surface area contributed by atoms with Crippen LogP contribution >= 0.6 is 0 Å². The van der Waals surface area contributed by atoms with E-state index < -0.39 is 0 Å². The van der Waals surface area contributed by atoms with Gasteiger partial charge < -0.3 is 0 Å². The fraction of sp³-hybridized carbons (Fsp3) is 0.769. The highest BCUT2D eigenvalue weighted by atomic mass is 14.2. The normalized spacial score (nSPS) is 11.1. The van der Waals surface area contributed by atoms with Gasteiger partial charge in [0.25, 0.3) is 0 Å². The van der Waals surface area contributed by atoms with Crippen LogP contribution in [0.1, 0.15) is 57.8 Å². The van der Waals surface area contributed by atoms with Crippen LogP contribution in [-0.2, 0) is 0 Å². The van der Waals surface area contributed by atoms with E-state index in [2.05, 4.69) is 18.2 Å². The maximum Gasteiger partial charge on any atom is 0.0621 e. The molecule has 1 atom stereocenters. The lowest BCUT2D eigenvalue weighted by Gasteiger charge is -2.13. The van der Waals surface area contributed by atoms with Crippen LogP contribution in [0.2, 0.25) is 0 Å². The highest BCUT2D eigenvalue weighted by Crippen LogP contribution is 2.21. The molecular weight excluding hydrogens is 198 g/mol. The first-order valence-corrected chi connectivity index (χ1v) is 5.96. The molecule has 0 aliphatic carbocycles. The first-order valence-electron chi connectivity index (χ1n) is 5.96. The van der Waals surface area contributed by atoms with Gasteiger partial charge in [0.1, 0.15) is 0 Å². The van der Waals surface area contributed by atoms with Crippen LogP contribution in [0.15, 0.2) is 0 Å². The molecule has 0 fully saturated rings. The molecule has 16 heavy (non-hydrogen) atoms. The summed E-state index contributed by atoms with van der Waals surface area (Å²) in [6.45, 7) is 0. The van der Waals surface area contributed by atoms with E-state index in [1.54, 1.807) is 0 Å². The largest absolute Gasteiger partial charge is 0.198 e. The molecule has 0 saturated heterocycles. The van der Waals surface area contributed by atoms with Gasteiger partial charge in [0, 0.05) is 19.3 Å². The van der Waals surface area contributed by atoms with Crippen molar-refractivity contribution in [1.29, 1.82) is 15.8 Å². The van der Waals surface area contributed by atoms with Crippen molar-refractivity contribution >= 4 is 0 Å². The van der Waals surface area contributed by atoms with Gasteiger partial charge in [-0.05, 0) is 31.6 Å². The van der Waals surface area contributed by atoms with Crippen molar-refractivity contribution in [2.75, 3.05) is 0 Å². The highest BCUT2D eigenvalue weighted by molar-refractivity contribution is 4.75. The maximum absolute atomic E-state index is 8.55. The van der Waals surface area contributed by atoms with E-state index in [1.165, 1.54) is 0 Å². The third-order valence-electron chi connectivity index (χ3n) is 2.72. The fourth-order valence-electron chi connectivity index (χ4n) is 1.81. The van der Waals surface area contributed by atoms with Gasteiger partial charge in [0.05, 0.1) is 18.2 Å². The van der Waals surface area contributed by atoms with E-state index in [9.17, 15) is 0 Å². The van der Waals surface area contributed by atoms with E-state index in [0.717, 1.165) is 38.5 Å². The average molecular weight is 217 g/mol. The summed E-state index contributed by atoms with van der Waals surface area (Å²) < 4.78 is 0. The summed E-state index contributed by atoms with van der Waals surface area (Å²) in [4.78, 5) is 0. The molecule has 86 valence electrons. The third kappa shape index (κ3) is 9.04. The molecule has 1 unspecified atom stereocenters. The zero-order chi connectivity index (χ0) is 12.1. The Labute approximate surface area is 98.3 Å². The molecule has 0 heterocycles. The Kier molecular flexibility index (Phi) is 10.4. The van der Waals surface area contributed by atoms with Crippen LogP contribution in [0, 0.1) is 39.9 Å². The van der Waals surface area contributed by atoms with Crippen LogP contribution in [0.25, 0.3) is 0 Å². The molecule has 0 amide bonds. The van der Waals surface area contributed by atoms with Crippen molar-refractivity contribution in [2.45, 2.75) is 57.8 Å². The molecular formula is C13H19N3. The predicted octanol–water partition coefficient (Wildman–Crippen LogP) is 3.68. The number of hydrogen-bond donors (Lipinski definition) is 0. The summed E-state index contributed by atoms with van der Waals surface area (Å²) >= 11 is 0. The topological polar surface area (TPSA) is 71.4 Å². The third-order valence-corrected chi connectivity index (χ3v) is 2.72. The van der Waals surface area contributed by atoms with E-state index in [-0.39, 0.29) is 0 Å². The van der Waals surface area contributed by atoms with Gasteiger partial charge in [-0.2, -0.15) is 15.8 Å². The summed E-state index contributed by atoms with van der Waals surface area (Å²) in [5, 5.41) is 25.4. The van der Waals surface area contributed by atoms with Gasteiger partial charge in [0.15, 0.2) is 0 Å². The number of unbranched alkanes of at least 4 members (excludes halogenated alkanes) is 3. The minimum Gasteiger partial charge on any atom is -0.198 e. The lowest BCUT2D eigenvalue weighted by molar-refractivity contribution is 0.399. The predicted molar refractivity (Wildman–Crippen MR) is 61.9 cm³/mol. The Balaban J connectivity index is 3.69. The first-order chi connectivity index (χ1) is 7.85. The summed E-state index contributed by atoms with van der Waals surface area (Å²) in [6.07, 6.45) is 7.88. The Morgan fingerprint density at radius 2 is 1.19 bits per heavy atom. The molecule has 0 radical (unpaired) electrons. The first kappa shape index (κ1) is 14.5. The molecule has 0 N–H and O–H groups in total. The van der Waals surface area contributed by atoms with Crippen LogP contribution in [0.3, 0.4) is 0 Å². The molecule has 0 rings (SSSR count). The van der Waals surface area contributed by atoms with Gasteiger partial charge in [-0.3, -0.25) is 0 Å².